The number of ether oxygens (including phenoxy) is 2. The first-order valence-electron chi connectivity index (χ1n) is 9.35. The second-order valence-corrected chi connectivity index (χ2v) is 8.44. The van der Waals surface area contributed by atoms with Crippen LogP contribution in [0.5, 0.6) is 0 Å². The first kappa shape index (κ1) is 22.4. The number of esters is 2. The molecule has 1 aromatic rings. The first-order valence-corrected chi connectivity index (χ1v) is 9.73. The van der Waals surface area contributed by atoms with Gasteiger partial charge in [-0.2, -0.15) is 0 Å². The number of benzene rings is 1. The third kappa shape index (κ3) is 4.92. The minimum Gasteiger partial charge on any atom is -0.463 e. The van der Waals surface area contributed by atoms with Gasteiger partial charge in [-0.05, 0) is 52.3 Å². The van der Waals surface area contributed by atoms with Crippen molar-refractivity contribution >= 4 is 29.3 Å². The molecule has 6 nitrogen and oxygen atoms in total. The van der Waals surface area contributed by atoms with Crippen molar-refractivity contribution in [3.63, 3.8) is 0 Å². The standard InChI is InChI=1S/C21H27ClO6/c1-11(2)27-19(24)17-15(23)10-21(5,26)18(20(25)28-12(3)4)16(17)13-6-8-14(22)9-7-13/h6-9,11-12,16-18,26H,10H2,1-5H3/t16-,17-,18-,21+/m1/s1. The zero-order valence-electron chi connectivity index (χ0n) is 16.8. The van der Waals surface area contributed by atoms with E-state index in [0.29, 0.717) is 10.6 Å². The van der Waals surface area contributed by atoms with Gasteiger partial charge in [-0.1, -0.05) is 23.7 Å². The smallest absolute Gasteiger partial charge is 0.317 e. The van der Waals surface area contributed by atoms with E-state index >= 15 is 0 Å². The molecule has 1 aliphatic rings. The fourth-order valence-corrected chi connectivity index (χ4v) is 3.84. The predicted octanol–water partition coefficient (Wildman–Crippen LogP) is 3.28. The molecule has 1 saturated carbocycles. The lowest BCUT2D eigenvalue weighted by Crippen LogP contribution is -2.55. The molecule has 0 heterocycles. The molecule has 4 atom stereocenters. The zero-order valence-corrected chi connectivity index (χ0v) is 17.5. The molecule has 0 bridgehead atoms. The summed E-state index contributed by atoms with van der Waals surface area (Å²) in [6.45, 7) is 8.18. The van der Waals surface area contributed by atoms with Crippen LogP contribution in [0.15, 0.2) is 24.3 Å². The Morgan fingerprint density at radius 1 is 1.07 bits per heavy atom. The summed E-state index contributed by atoms with van der Waals surface area (Å²) in [5, 5.41) is 11.4. The third-order valence-electron chi connectivity index (χ3n) is 4.73. The van der Waals surface area contributed by atoms with Gasteiger partial charge < -0.3 is 14.6 Å². The van der Waals surface area contributed by atoms with E-state index < -0.39 is 53.3 Å². The zero-order chi connectivity index (χ0) is 21.2. The van der Waals surface area contributed by atoms with Crippen molar-refractivity contribution in [3.05, 3.63) is 34.9 Å². The molecular weight excluding hydrogens is 384 g/mol. The number of carbonyl (C=O) groups is 3. The van der Waals surface area contributed by atoms with E-state index in [1.165, 1.54) is 6.92 Å². The first-order chi connectivity index (χ1) is 12.9. The molecule has 7 heteroatoms. The van der Waals surface area contributed by atoms with Crippen LogP contribution in [0.25, 0.3) is 0 Å². The summed E-state index contributed by atoms with van der Waals surface area (Å²) in [5.74, 6) is -5.09. The molecule has 0 unspecified atom stereocenters. The van der Waals surface area contributed by atoms with E-state index in [0.717, 1.165) is 0 Å². The minimum atomic E-state index is -1.66. The van der Waals surface area contributed by atoms with Crippen LogP contribution < -0.4 is 0 Å². The van der Waals surface area contributed by atoms with E-state index in [9.17, 15) is 19.5 Å². The Balaban J connectivity index is 2.59. The molecular formula is C21H27ClO6. The number of halogens is 1. The SMILES string of the molecule is CC(C)OC(=O)[C@@H]1C(=O)C[C@](C)(O)[C@@H](C(=O)OC(C)C)[C@@H]1c1ccc(Cl)cc1. The lowest BCUT2D eigenvalue weighted by molar-refractivity contribution is -0.176. The Morgan fingerprint density at radius 3 is 2.07 bits per heavy atom. The summed E-state index contributed by atoms with van der Waals surface area (Å²) < 4.78 is 10.7. The Morgan fingerprint density at radius 2 is 1.57 bits per heavy atom. The topological polar surface area (TPSA) is 89.9 Å². The quantitative estimate of drug-likeness (QED) is 0.591. The van der Waals surface area contributed by atoms with Gasteiger partial charge in [0.05, 0.1) is 23.7 Å². The molecule has 0 aliphatic heterocycles. The number of carbonyl (C=O) groups excluding carboxylic acids is 3. The van der Waals surface area contributed by atoms with Crippen molar-refractivity contribution in [1.29, 1.82) is 0 Å². The Kier molecular flexibility index (Phi) is 6.88. The highest BCUT2D eigenvalue weighted by molar-refractivity contribution is 6.30. The van der Waals surface area contributed by atoms with Gasteiger partial charge in [0.15, 0.2) is 5.78 Å². The normalized spacial score (nSPS) is 27.8. The van der Waals surface area contributed by atoms with Crippen LogP contribution >= 0.6 is 11.6 Å². The fraction of sp³-hybridized carbons (Fsp3) is 0.571. The van der Waals surface area contributed by atoms with Crippen LogP contribution in [0, 0.1) is 11.8 Å². The van der Waals surface area contributed by atoms with Crippen molar-refractivity contribution in [3.8, 4) is 0 Å². The molecule has 1 N–H and O–H groups in total. The highest BCUT2D eigenvalue weighted by atomic mass is 35.5. The fourth-order valence-electron chi connectivity index (χ4n) is 3.71. The molecule has 0 saturated heterocycles. The number of hydrogen-bond donors (Lipinski definition) is 1. The van der Waals surface area contributed by atoms with Gasteiger partial charge in [0, 0.05) is 17.4 Å². The molecule has 154 valence electrons. The molecule has 28 heavy (non-hydrogen) atoms. The van der Waals surface area contributed by atoms with Crippen LogP contribution in [0.3, 0.4) is 0 Å². The highest BCUT2D eigenvalue weighted by Crippen LogP contribution is 2.47. The monoisotopic (exact) mass is 410 g/mol. The predicted molar refractivity (Wildman–Crippen MR) is 104 cm³/mol. The Labute approximate surface area is 170 Å². The maximum absolute atomic E-state index is 12.9. The highest BCUT2D eigenvalue weighted by Gasteiger charge is 2.57. The van der Waals surface area contributed by atoms with Gasteiger partial charge in [0.25, 0.3) is 0 Å². The van der Waals surface area contributed by atoms with Crippen molar-refractivity contribution in [2.24, 2.45) is 11.8 Å². The van der Waals surface area contributed by atoms with Crippen molar-refractivity contribution < 1.29 is 29.0 Å². The van der Waals surface area contributed by atoms with Gasteiger partial charge in [0.2, 0.25) is 0 Å². The molecule has 0 amide bonds. The second-order valence-electron chi connectivity index (χ2n) is 8.00. The summed E-state index contributed by atoms with van der Waals surface area (Å²) in [7, 11) is 0. The maximum atomic E-state index is 12.9. The molecule has 0 spiro atoms. The molecule has 0 radical (unpaired) electrons. The average molecular weight is 411 g/mol. The van der Waals surface area contributed by atoms with Gasteiger partial charge in [-0.25, -0.2) is 0 Å². The van der Waals surface area contributed by atoms with Crippen molar-refractivity contribution in [1.82, 2.24) is 0 Å². The summed E-state index contributed by atoms with van der Waals surface area (Å²) >= 11 is 5.97. The molecule has 1 fully saturated rings. The number of aliphatic hydroxyl groups is 1. The van der Waals surface area contributed by atoms with E-state index in [2.05, 4.69) is 0 Å². The van der Waals surface area contributed by atoms with Crippen LogP contribution in [0.1, 0.15) is 52.5 Å². The minimum absolute atomic E-state index is 0.340. The third-order valence-corrected chi connectivity index (χ3v) is 4.99. The Hall–Kier alpha value is -1.92. The molecule has 1 aromatic carbocycles. The van der Waals surface area contributed by atoms with Gasteiger partial charge in [-0.15, -0.1) is 0 Å². The summed E-state index contributed by atoms with van der Waals surface area (Å²) in [4.78, 5) is 38.5. The molecule has 1 aliphatic carbocycles. The van der Waals surface area contributed by atoms with Gasteiger partial charge >= 0.3 is 11.9 Å². The van der Waals surface area contributed by atoms with Crippen LogP contribution in [0.2, 0.25) is 5.02 Å². The van der Waals surface area contributed by atoms with Crippen molar-refractivity contribution in [2.75, 3.05) is 0 Å². The van der Waals surface area contributed by atoms with Crippen LogP contribution in [-0.4, -0.2) is 40.6 Å². The van der Waals surface area contributed by atoms with Gasteiger partial charge in [-0.3, -0.25) is 14.4 Å². The number of rotatable bonds is 5. The van der Waals surface area contributed by atoms with E-state index in [-0.39, 0.29) is 6.42 Å². The van der Waals surface area contributed by atoms with E-state index in [1.54, 1.807) is 52.0 Å². The van der Waals surface area contributed by atoms with E-state index in [1.807, 2.05) is 0 Å². The largest absolute Gasteiger partial charge is 0.463 e. The molecule has 0 aromatic heterocycles. The lowest BCUT2D eigenvalue weighted by atomic mass is 9.61. The second kappa shape index (κ2) is 8.62. The van der Waals surface area contributed by atoms with Crippen molar-refractivity contribution in [2.45, 2.75) is 64.8 Å². The number of Topliss-reactive ketones (excluding diaryl/α,β-unsaturated/α-hetero) is 1. The van der Waals surface area contributed by atoms with Gasteiger partial charge in [0.1, 0.15) is 5.92 Å². The number of hydrogen-bond acceptors (Lipinski definition) is 6. The van der Waals surface area contributed by atoms with Crippen LogP contribution in [-0.2, 0) is 23.9 Å². The summed E-state index contributed by atoms with van der Waals surface area (Å²) in [6, 6.07) is 6.51. The maximum Gasteiger partial charge on any atom is 0.317 e. The van der Waals surface area contributed by atoms with E-state index in [4.69, 9.17) is 21.1 Å². The summed E-state index contributed by atoms with van der Waals surface area (Å²) in [5.41, 5.74) is -1.13. The number of ketones is 1. The average Bonchev–Trinajstić information content (AvgIpc) is 2.52. The summed E-state index contributed by atoms with van der Waals surface area (Å²) in [6.07, 6.45) is -1.17. The lowest BCUT2D eigenvalue weighted by Gasteiger charge is -2.44. The molecule has 2 rings (SSSR count). The van der Waals surface area contributed by atoms with Crippen LogP contribution in [0.4, 0.5) is 0 Å². The Bertz CT molecular complexity index is 730.